The van der Waals surface area contributed by atoms with Gasteiger partial charge in [0.1, 0.15) is 11.9 Å². The minimum atomic E-state index is -3.08. The minimum absolute atomic E-state index is 0.112. The number of sulfonamides is 1. The first-order chi connectivity index (χ1) is 11.3. The van der Waals surface area contributed by atoms with Crippen LogP contribution in [-0.2, 0) is 21.2 Å². The molecule has 2 aliphatic rings. The zero-order valence-corrected chi connectivity index (χ0v) is 14.8. The minimum Gasteiger partial charge on any atom is -0.444 e. The highest BCUT2D eigenvalue weighted by atomic mass is 32.2. The van der Waals surface area contributed by atoms with Crippen LogP contribution in [-0.4, -0.2) is 55.8 Å². The Morgan fingerprint density at radius 3 is 2.50 bits per heavy atom. The van der Waals surface area contributed by atoms with E-state index in [9.17, 15) is 13.2 Å². The molecule has 1 aromatic rings. The molecule has 3 heterocycles. The summed E-state index contributed by atoms with van der Waals surface area (Å²) < 4.78 is 29.7. The van der Waals surface area contributed by atoms with Gasteiger partial charge in [-0.3, -0.25) is 4.90 Å². The number of amides is 1. The summed E-state index contributed by atoms with van der Waals surface area (Å²) in [6.45, 7) is 3.56. The number of hydrogen-bond acceptors (Lipinski definition) is 5. The van der Waals surface area contributed by atoms with Crippen LogP contribution in [0.15, 0.2) is 18.3 Å². The van der Waals surface area contributed by atoms with Gasteiger partial charge in [0.2, 0.25) is 10.0 Å². The van der Waals surface area contributed by atoms with E-state index in [4.69, 9.17) is 4.74 Å². The lowest BCUT2D eigenvalue weighted by molar-refractivity contribution is 0.150. The van der Waals surface area contributed by atoms with Gasteiger partial charge in [0.15, 0.2) is 0 Å². The summed E-state index contributed by atoms with van der Waals surface area (Å²) in [5.41, 5.74) is 1.11. The molecule has 0 radical (unpaired) electrons. The van der Waals surface area contributed by atoms with Crippen molar-refractivity contribution in [1.82, 2.24) is 9.29 Å². The number of pyridine rings is 1. The van der Waals surface area contributed by atoms with Gasteiger partial charge in [-0.05, 0) is 43.7 Å². The Balaban J connectivity index is 1.57. The van der Waals surface area contributed by atoms with Crippen LogP contribution >= 0.6 is 0 Å². The van der Waals surface area contributed by atoms with Crippen LogP contribution in [0, 0.1) is 5.92 Å². The molecule has 0 aliphatic carbocycles. The second-order valence-electron chi connectivity index (χ2n) is 6.64. The van der Waals surface area contributed by atoms with Crippen molar-refractivity contribution in [1.29, 1.82) is 0 Å². The third-order valence-corrected chi connectivity index (χ3v) is 5.92. The quantitative estimate of drug-likeness (QED) is 0.822. The van der Waals surface area contributed by atoms with Gasteiger partial charge in [0, 0.05) is 19.3 Å². The van der Waals surface area contributed by atoms with Crippen LogP contribution in [0.5, 0.6) is 0 Å². The molecule has 24 heavy (non-hydrogen) atoms. The van der Waals surface area contributed by atoms with Crippen molar-refractivity contribution in [2.45, 2.75) is 32.3 Å². The summed E-state index contributed by atoms with van der Waals surface area (Å²) in [6, 6.07) is 3.84. The molecule has 1 atom stereocenters. The maximum Gasteiger partial charge on any atom is 0.415 e. The molecule has 0 bridgehead atoms. The molecule has 0 aromatic carbocycles. The van der Waals surface area contributed by atoms with Gasteiger partial charge in [0.05, 0.1) is 12.8 Å². The predicted octanol–water partition coefficient (Wildman–Crippen LogP) is 1.64. The van der Waals surface area contributed by atoms with Crippen LogP contribution in [0.4, 0.5) is 10.6 Å². The van der Waals surface area contributed by atoms with E-state index in [0.717, 1.165) is 24.8 Å². The lowest BCUT2D eigenvalue weighted by atomic mass is 9.91. The van der Waals surface area contributed by atoms with E-state index in [0.29, 0.717) is 31.4 Å². The van der Waals surface area contributed by atoms with Crippen molar-refractivity contribution in [3.63, 3.8) is 0 Å². The summed E-state index contributed by atoms with van der Waals surface area (Å²) in [7, 11) is -3.08. The number of carbonyl (C=O) groups is 1. The lowest BCUT2D eigenvalue weighted by Gasteiger charge is -2.30. The lowest BCUT2D eigenvalue weighted by Crippen LogP contribution is -2.38. The largest absolute Gasteiger partial charge is 0.444 e. The van der Waals surface area contributed by atoms with Crippen molar-refractivity contribution >= 4 is 21.9 Å². The summed E-state index contributed by atoms with van der Waals surface area (Å²) in [6.07, 6.45) is 5.21. The Labute approximate surface area is 142 Å². The van der Waals surface area contributed by atoms with E-state index in [1.165, 1.54) is 6.26 Å². The van der Waals surface area contributed by atoms with Crippen molar-refractivity contribution in [3.05, 3.63) is 23.9 Å². The van der Waals surface area contributed by atoms with Gasteiger partial charge >= 0.3 is 6.09 Å². The highest BCUT2D eigenvalue weighted by Gasteiger charge is 2.30. The molecule has 2 fully saturated rings. The van der Waals surface area contributed by atoms with Gasteiger partial charge in [-0.25, -0.2) is 22.5 Å². The molecule has 0 spiro atoms. The zero-order chi connectivity index (χ0) is 17.3. The maximum absolute atomic E-state index is 11.7. The van der Waals surface area contributed by atoms with E-state index in [2.05, 4.69) is 4.98 Å². The molecule has 132 valence electrons. The number of aromatic nitrogens is 1. The zero-order valence-electron chi connectivity index (χ0n) is 14.0. The normalized spacial score (nSPS) is 23.5. The second-order valence-corrected chi connectivity index (χ2v) is 8.62. The average molecular weight is 353 g/mol. The van der Waals surface area contributed by atoms with E-state index < -0.39 is 10.0 Å². The fourth-order valence-corrected chi connectivity index (χ4v) is 4.14. The molecule has 2 aliphatic heterocycles. The van der Waals surface area contributed by atoms with Gasteiger partial charge in [-0.15, -0.1) is 0 Å². The molecule has 0 saturated carbocycles. The molecule has 8 heteroatoms. The second kappa shape index (κ2) is 6.68. The van der Waals surface area contributed by atoms with Crippen LogP contribution in [0.25, 0.3) is 0 Å². The fraction of sp³-hybridized carbons (Fsp3) is 0.625. The topological polar surface area (TPSA) is 79.8 Å². The fourth-order valence-electron chi connectivity index (χ4n) is 3.27. The average Bonchev–Trinajstić information content (AvgIpc) is 2.86. The first-order valence-electron chi connectivity index (χ1n) is 8.21. The molecule has 1 amide bonds. The number of nitrogens with zero attached hydrogens (tertiary/aromatic N) is 3. The maximum atomic E-state index is 11.7. The third kappa shape index (κ3) is 3.87. The third-order valence-electron chi connectivity index (χ3n) is 4.61. The Morgan fingerprint density at radius 2 is 2.00 bits per heavy atom. The molecule has 0 N–H and O–H groups in total. The van der Waals surface area contributed by atoms with Crippen molar-refractivity contribution in [2.24, 2.45) is 5.92 Å². The Kier molecular flexibility index (Phi) is 4.78. The predicted molar refractivity (Wildman–Crippen MR) is 90.4 cm³/mol. The molecule has 1 aromatic heterocycles. The van der Waals surface area contributed by atoms with Crippen LogP contribution in [0.3, 0.4) is 0 Å². The molecular formula is C16H23N3O4S. The van der Waals surface area contributed by atoms with Crippen LogP contribution in [0.1, 0.15) is 25.3 Å². The highest BCUT2D eigenvalue weighted by Crippen LogP contribution is 2.24. The highest BCUT2D eigenvalue weighted by molar-refractivity contribution is 7.88. The van der Waals surface area contributed by atoms with Gasteiger partial charge in [0.25, 0.3) is 0 Å². The van der Waals surface area contributed by atoms with Gasteiger partial charge < -0.3 is 4.74 Å². The standard InChI is InChI=1S/C16H23N3O4S/c1-12-11-19(16(20)23-12)15-4-3-14(10-17-15)9-13-5-7-18(8-6-13)24(2,21)22/h3-4,10,12-13H,5-9,11H2,1-2H3/t12-/m1/s1. The SMILES string of the molecule is C[C@@H]1CN(c2ccc(CC3CCN(S(C)(=O)=O)CC3)cn2)C(=O)O1. The van der Waals surface area contributed by atoms with Crippen molar-refractivity contribution < 1.29 is 17.9 Å². The van der Waals surface area contributed by atoms with Gasteiger partial charge in [-0.1, -0.05) is 6.07 Å². The van der Waals surface area contributed by atoms with E-state index in [-0.39, 0.29) is 12.2 Å². The van der Waals surface area contributed by atoms with Gasteiger partial charge in [-0.2, -0.15) is 0 Å². The number of anilines is 1. The summed E-state index contributed by atoms with van der Waals surface area (Å²) in [4.78, 5) is 17.6. The number of piperidine rings is 1. The number of rotatable bonds is 4. The smallest absolute Gasteiger partial charge is 0.415 e. The Hall–Kier alpha value is -1.67. The Morgan fingerprint density at radius 1 is 1.29 bits per heavy atom. The summed E-state index contributed by atoms with van der Waals surface area (Å²) in [5.74, 6) is 1.08. The number of ether oxygens (including phenoxy) is 1. The molecular weight excluding hydrogens is 330 g/mol. The molecule has 3 rings (SSSR count). The number of carbonyl (C=O) groups excluding carboxylic acids is 1. The first-order valence-corrected chi connectivity index (χ1v) is 10.1. The van der Waals surface area contributed by atoms with E-state index >= 15 is 0 Å². The monoisotopic (exact) mass is 353 g/mol. The molecule has 0 unspecified atom stereocenters. The van der Waals surface area contributed by atoms with Crippen LogP contribution < -0.4 is 4.90 Å². The molecule has 2 saturated heterocycles. The Bertz CT molecular complexity index is 697. The van der Waals surface area contributed by atoms with Crippen LogP contribution in [0.2, 0.25) is 0 Å². The van der Waals surface area contributed by atoms with E-state index in [1.807, 2.05) is 19.1 Å². The first kappa shape index (κ1) is 17.2. The van der Waals surface area contributed by atoms with Crippen molar-refractivity contribution in [3.8, 4) is 0 Å². The number of cyclic esters (lactones) is 1. The number of hydrogen-bond donors (Lipinski definition) is 0. The van der Waals surface area contributed by atoms with Crippen molar-refractivity contribution in [2.75, 3.05) is 30.8 Å². The van der Waals surface area contributed by atoms with E-state index in [1.54, 1.807) is 15.4 Å². The molecule has 7 nitrogen and oxygen atoms in total. The summed E-state index contributed by atoms with van der Waals surface area (Å²) >= 11 is 0. The summed E-state index contributed by atoms with van der Waals surface area (Å²) in [5, 5.41) is 0.